The second-order valence-corrected chi connectivity index (χ2v) is 8.39. The van der Waals surface area contributed by atoms with Crippen LogP contribution in [0.4, 0.5) is 0 Å². The fourth-order valence-corrected chi connectivity index (χ4v) is 4.97. The predicted molar refractivity (Wildman–Crippen MR) is 116 cm³/mol. The summed E-state index contributed by atoms with van der Waals surface area (Å²) in [6, 6.07) is 21.9. The Hall–Kier alpha value is -3.67. The quantitative estimate of drug-likeness (QED) is 0.483. The number of aromatic nitrogens is 4. The van der Waals surface area contributed by atoms with Crippen molar-refractivity contribution in [3.63, 3.8) is 0 Å². The number of aromatic amines is 1. The van der Waals surface area contributed by atoms with E-state index in [4.69, 9.17) is 4.74 Å². The zero-order valence-electron chi connectivity index (χ0n) is 17.0. The second kappa shape index (κ2) is 6.94. The van der Waals surface area contributed by atoms with Crippen LogP contribution in [0.25, 0.3) is 17.1 Å². The monoisotopic (exact) mass is 410 g/mol. The zero-order chi connectivity index (χ0) is 20.8. The fourth-order valence-electron chi connectivity index (χ4n) is 4.97. The van der Waals surface area contributed by atoms with Crippen molar-refractivity contribution in [2.45, 2.75) is 37.2 Å². The van der Waals surface area contributed by atoms with Gasteiger partial charge in [0.05, 0.1) is 22.6 Å². The number of H-pyrrole nitrogens is 1. The lowest BCUT2D eigenvalue weighted by Gasteiger charge is -2.36. The van der Waals surface area contributed by atoms with Gasteiger partial charge in [0.1, 0.15) is 11.3 Å². The Labute approximate surface area is 179 Å². The first-order valence-corrected chi connectivity index (χ1v) is 10.7. The van der Waals surface area contributed by atoms with Crippen LogP contribution in [0.3, 0.4) is 0 Å². The highest BCUT2D eigenvalue weighted by Crippen LogP contribution is 2.50. The number of fused-ring (bicyclic) bond motifs is 2. The molecule has 1 aliphatic carbocycles. The lowest BCUT2D eigenvalue weighted by Crippen LogP contribution is -2.31. The topological polar surface area (TPSA) is 72.8 Å². The largest absolute Gasteiger partial charge is 0.451 e. The third-order valence-corrected chi connectivity index (χ3v) is 6.62. The summed E-state index contributed by atoms with van der Waals surface area (Å²) in [6.45, 7) is 0. The SMILES string of the molecule is O=C1O[C@]2(CC[C@H](c3cc(-c4ccn(-c5ccccc5)n4)[nH]n3)CC2)c2ccccc21. The Morgan fingerprint density at radius 1 is 1.00 bits per heavy atom. The number of nitrogens with one attached hydrogen (secondary N) is 1. The smallest absolute Gasteiger partial charge is 0.339 e. The third kappa shape index (κ3) is 2.98. The molecule has 2 aromatic carbocycles. The summed E-state index contributed by atoms with van der Waals surface area (Å²) < 4.78 is 7.75. The van der Waals surface area contributed by atoms with Crippen LogP contribution >= 0.6 is 0 Å². The van der Waals surface area contributed by atoms with E-state index in [1.165, 1.54) is 0 Å². The van der Waals surface area contributed by atoms with E-state index in [9.17, 15) is 4.79 Å². The molecule has 1 saturated carbocycles. The number of carbonyl (C=O) groups is 1. The minimum absolute atomic E-state index is 0.190. The van der Waals surface area contributed by atoms with Crippen molar-refractivity contribution in [2.24, 2.45) is 0 Å². The Bertz CT molecular complexity index is 1250. The van der Waals surface area contributed by atoms with Crippen molar-refractivity contribution < 1.29 is 9.53 Å². The van der Waals surface area contributed by atoms with Crippen molar-refractivity contribution in [1.29, 1.82) is 0 Å². The molecule has 31 heavy (non-hydrogen) atoms. The van der Waals surface area contributed by atoms with Crippen LogP contribution in [0, 0.1) is 0 Å². The van der Waals surface area contributed by atoms with Gasteiger partial charge in [-0.15, -0.1) is 0 Å². The second-order valence-electron chi connectivity index (χ2n) is 8.39. The van der Waals surface area contributed by atoms with Gasteiger partial charge in [0.25, 0.3) is 0 Å². The number of ether oxygens (including phenoxy) is 1. The first-order chi connectivity index (χ1) is 15.2. The molecule has 2 aromatic heterocycles. The number of carbonyl (C=O) groups excluding carboxylic acids is 1. The summed E-state index contributed by atoms with van der Waals surface area (Å²) >= 11 is 0. The molecular formula is C25H22N4O2. The van der Waals surface area contributed by atoms with Crippen LogP contribution < -0.4 is 0 Å². The Morgan fingerprint density at radius 2 is 1.77 bits per heavy atom. The molecule has 6 nitrogen and oxygen atoms in total. The third-order valence-electron chi connectivity index (χ3n) is 6.62. The van der Waals surface area contributed by atoms with E-state index in [1.807, 2.05) is 71.5 Å². The number of esters is 1. The van der Waals surface area contributed by atoms with Gasteiger partial charge in [0.2, 0.25) is 0 Å². The van der Waals surface area contributed by atoms with Crippen LogP contribution in [0.1, 0.15) is 53.2 Å². The van der Waals surface area contributed by atoms with Crippen LogP contribution in [-0.4, -0.2) is 25.9 Å². The van der Waals surface area contributed by atoms with Crippen LogP contribution in [0.15, 0.2) is 72.9 Å². The summed E-state index contributed by atoms with van der Waals surface area (Å²) in [5, 5.41) is 12.4. The molecule has 6 rings (SSSR count). The van der Waals surface area contributed by atoms with Gasteiger partial charge in [-0.25, -0.2) is 9.48 Å². The Kier molecular flexibility index (Phi) is 4.06. The molecular weight excluding hydrogens is 388 g/mol. The fraction of sp³-hybridized carbons (Fsp3) is 0.240. The summed E-state index contributed by atoms with van der Waals surface area (Å²) in [4.78, 5) is 12.3. The lowest BCUT2D eigenvalue weighted by molar-refractivity contribution is -0.0311. The van der Waals surface area contributed by atoms with E-state index in [1.54, 1.807) is 0 Å². The number of nitrogens with zero attached hydrogens (tertiary/aromatic N) is 3. The first-order valence-electron chi connectivity index (χ1n) is 10.7. The van der Waals surface area contributed by atoms with Crippen LogP contribution in [0.5, 0.6) is 0 Å². The van der Waals surface area contributed by atoms with Crippen molar-refractivity contribution in [2.75, 3.05) is 0 Å². The molecule has 6 heteroatoms. The molecule has 0 atom stereocenters. The van der Waals surface area contributed by atoms with E-state index in [0.717, 1.165) is 59.6 Å². The zero-order valence-corrected chi connectivity index (χ0v) is 17.0. The predicted octanol–water partition coefficient (Wildman–Crippen LogP) is 4.99. The molecule has 154 valence electrons. The molecule has 0 bridgehead atoms. The molecule has 2 aliphatic rings. The van der Waals surface area contributed by atoms with Gasteiger partial charge < -0.3 is 4.74 Å². The summed E-state index contributed by atoms with van der Waals surface area (Å²) in [5.74, 6) is 0.156. The minimum Gasteiger partial charge on any atom is -0.451 e. The average Bonchev–Trinajstić information content (AvgIpc) is 3.55. The van der Waals surface area contributed by atoms with E-state index in [-0.39, 0.29) is 5.97 Å². The molecule has 0 unspecified atom stereocenters. The molecule has 0 saturated heterocycles. The van der Waals surface area contributed by atoms with Gasteiger partial charge in [-0.05, 0) is 56.0 Å². The van der Waals surface area contributed by atoms with Gasteiger partial charge in [-0.3, -0.25) is 5.10 Å². The maximum absolute atomic E-state index is 12.3. The van der Waals surface area contributed by atoms with Gasteiger partial charge in [-0.2, -0.15) is 10.2 Å². The number of hydrogen-bond acceptors (Lipinski definition) is 4. The van der Waals surface area contributed by atoms with Crippen molar-refractivity contribution in [3.8, 4) is 17.1 Å². The highest BCUT2D eigenvalue weighted by Gasteiger charge is 2.47. The van der Waals surface area contributed by atoms with E-state index >= 15 is 0 Å². The van der Waals surface area contributed by atoms with Gasteiger partial charge in [0, 0.05) is 17.7 Å². The van der Waals surface area contributed by atoms with Gasteiger partial charge in [0.15, 0.2) is 0 Å². The number of rotatable bonds is 3. The maximum atomic E-state index is 12.3. The molecule has 1 aliphatic heterocycles. The molecule has 1 N–H and O–H groups in total. The molecule has 1 fully saturated rings. The minimum atomic E-state index is -0.461. The van der Waals surface area contributed by atoms with Gasteiger partial charge >= 0.3 is 5.97 Å². The Morgan fingerprint density at radius 3 is 2.61 bits per heavy atom. The number of para-hydroxylation sites is 1. The summed E-state index contributed by atoms with van der Waals surface area (Å²) in [5.41, 5.74) is 5.17. The van der Waals surface area contributed by atoms with Crippen LogP contribution in [0.2, 0.25) is 0 Å². The van der Waals surface area contributed by atoms with E-state index in [2.05, 4.69) is 21.4 Å². The highest BCUT2D eigenvalue weighted by atomic mass is 16.6. The molecule has 3 heterocycles. The van der Waals surface area contributed by atoms with Crippen molar-refractivity contribution in [3.05, 3.63) is 89.7 Å². The van der Waals surface area contributed by atoms with E-state index in [0.29, 0.717) is 5.92 Å². The molecule has 4 aromatic rings. The number of benzene rings is 2. The van der Waals surface area contributed by atoms with Gasteiger partial charge in [-0.1, -0.05) is 36.4 Å². The lowest BCUT2D eigenvalue weighted by atomic mass is 9.74. The normalized spacial score (nSPS) is 22.5. The summed E-state index contributed by atoms with van der Waals surface area (Å²) in [6.07, 6.45) is 5.48. The maximum Gasteiger partial charge on any atom is 0.339 e. The molecule has 0 amide bonds. The number of hydrogen-bond donors (Lipinski definition) is 1. The highest BCUT2D eigenvalue weighted by molar-refractivity contribution is 5.94. The first kappa shape index (κ1) is 18.1. The molecule has 0 radical (unpaired) electrons. The van der Waals surface area contributed by atoms with Crippen molar-refractivity contribution in [1.82, 2.24) is 20.0 Å². The Balaban J connectivity index is 1.19. The van der Waals surface area contributed by atoms with Crippen LogP contribution in [-0.2, 0) is 10.3 Å². The summed E-state index contributed by atoms with van der Waals surface area (Å²) in [7, 11) is 0. The molecule has 1 spiro atoms. The average molecular weight is 410 g/mol. The standard InChI is InChI=1S/C25H22N4O2/c30-24-19-8-4-5-9-20(19)25(31-24)13-10-17(11-14-25)22-16-23(27-26-22)21-12-15-29(28-21)18-6-2-1-3-7-18/h1-9,12,15-17H,10-11,13-14H2,(H,26,27)/t17-,25-. The van der Waals surface area contributed by atoms with Crippen molar-refractivity contribution >= 4 is 5.97 Å². The van der Waals surface area contributed by atoms with E-state index < -0.39 is 5.60 Å².